The van der Waals surface area contributed by atoms with Crippen LogP contribution in [0.2, 0.25) is 0 Å². The summed E-state index contributed by atoms with van der Waals surface area (Å²) in [6.45, 7) is 7.63. The van der Waals surface area contributed by atoms with Gasteiger partial charge in [-0.15, -0.1) is 11.8 Å². The van der Waals surface area contributed by atoms with Gasteiger partial charge < -0.3 is 10.6 Å². The van der Waals surface area contributed by atoms with Crippen molar-refractivity contribution in [2.75, 3.05) is 0 Å². The summed E-state index contributed by atoms with van der Waals surface area (Å²) in [5.74, 6) is 0.512. The van der Waals surface area contributed by atoms with Crippen LogP contribution in [-0.4, -0.2) is 50.6 Å². The number of nitrogens with zero attached hydrogens (tertiary/aromatic N) is 1. The van der Waals surface area contributed by atoms with Gasteiger partial charge in [0.15, 0.2) is 0 Å². The van der Waals surface area contributed by atoms with Crippen LogP contribution in [0.3, 0.4) is 0 Å². The number of thioether (sulfide) groups is 2. The third-order valence-corrected chi connectivity index (χ3v) is 9.20. The Morgan fingerprint density at radius 2 is 1.70 bits per heavy atom. The lowest BCUT2D eigenvalue weighted by molar-refractivity contribution is -0.156. The first-order chi connectivity index (χ1) is 15.2. The largest absolute Gasteiger partial charge is 0.315 e. The zero-order valence-corrected chi connectivity index (χ0v) is 21.3. The molecule has 178 valence electrons. The molecule has 33 heavy (non-hydrogen) atoms. The van der Waals surface area contributed by atoms with Crippen LogP contribution < -0.4 is 5.73 Å². The van der Waals surface area contributed by atoms with E-state index in [0.717, 1.165) is 11.1 Å². The maximum Gasteiger partial charge on any atom is 0.294 e. The topological polar surface area (TPSA) is 118 Å². The zero-order chi connectivity index (χ0) is 24.6. The number of benzene rings is 2. The molecule has 0 saturated carbocycles. The van der Waals surface area contributed by atoms with Crippen molar-refractivity contribution >= 4 is 44.7 Å². The molecule has 0 aromatic heterocycles. The van der Waals surface area contributed by atoms with Gasteiger partial charge in [-0.3, -0.25) is 14.1 Å². The Morgan fingerprint density at radius 3 is 2.24 bits per heavy atom. The minimum Gasteiger partial charge on any atom is -0.315 e. The molecular formula is C23H28N2O5S3. The van der Waals surface area contributed by atoms with E-state index in [2.05, 4.69) is 0 Å². The number of carbonyl (C=O) groups is 2. The number of hydrogen-bond acceptors (Lipinski definition) is 7. The Bertz CT molecular complexity index is 1130. The molecule has 0 unspecified atom stereocenters. The molecule has 0 aliphatic carbocycles. The molecule has 3 N–H and O–H groups in total. The number of carbonyl (C=O) groups excluding carboxylic acids is 2. The van der Waals surface area contributed by atoms with Crippen molar-refractivity contribution in [3.05, 3.63) is 65.7 Å². The lowest BCUT2D eigenvalue weighted by Crippen LogP contribution is -2.76. The lowest BCUT2D eigenvalue weighted by Gasteiger charge is -2.49. The summed E-state index contributed by atoms with van der Waals surface area (Å²) in [7, 11) is -4.02. The van der Waals surface area contributed by atoms with Gasteiger partial charge in [0.25, 0.3) is 10.1 Å². The van der Waals surface area contributed by atoms with Crippen molar-refractivity contribution in [1.82, 2.24) is 4.90 Å². The van der Waals surface area contributed by atoms with Gasteiger partial charge in [0.1, 0.15) is 17.0 Å². The fourth-order valence-electron chi connectivity index (χ4n) is 3.75. The summed E-state index contributed by atoms with van der Waals surface area (Å²) in [6, 6.07) is 15.5. The first-order valence-corrected chi connectivity index (χ1v) is 13.6. The lowest BCUT2D eigenvalue weighted by atomic mass is 9.88. The number of aryl methyl sites for hydroxylation is 1. The Morgan fingerprint density at radius 1 is 1.12 bits per heavy atom. The average Bonchev–Trinajstić information content (AvgIpc) is 3.02. The first kappa shape index (κ1) is 25.8. The molecule has 4 rings (SSSR count). The Kier molecular flexibility index (Phi) is 7.36. The number of nitrogens with two attached hydrogens (primary N) is 1. The molecular weight excluding hydrogens is 480 g/mol. The predicted molar refractivity (Wildman–Crippen MR) is 132 cm³/mol. The van der Waals surface area contributed by atoms with E-state index in [1.807, 2.05) is 51.1 Å². The highest BCUT2D eigenvalue weighted by molar-refractivity contribution is 8.13. The van der Waals surface area contributed by atoms with Gasteiger partial charge >= 0.3 is 0 Å². The van der Waals surface area contributed by atoms with Crippen LogP contribution in [0.15, 0.2) is 59.5 Å². The van der Waals surface area contributed by atoms with E-state index in [1.165, 1.54) is 23.9 Å². The highest BCUT2D eigenvalue weighted by Crippen LogP contribution is 2.54. The van der Waals surface area contributed by atoms with E-state index in [1.54, 1.807) is 35.7 Å². The Hall–Kier alpha value is -1.85. The van der Waals surface area contributed by atoms with Gasteiger partial charge in [-0.25, -0.2) is 0 Å². The van der Waals surface area contributed by atoms with E-state index < -0.39 is 21.7 Å². The standard InChI is InChI=1S/C16H20N2O2S2.C7H8O3S/c1-15(2)11(18-13(20)16(3,17)14(18)22-15)12(19)21-9-10-7-5-4-6-8-10;1-6-2-4-7(5-3-6)11(8,9)10/h4-8,11,14H,9,17H2,1-3H3;2-5H,1H3,(H,8,9,10)/t11-,14+,16+;/m0./s1. The molecule has 2 aliphatic rings. The van der Waals surface area contributed by atoms with Crippen LogP contribution in [0.4, 0.5) is 0 Å². The van der Waals surface area contributed by atoms with E-state index in [-0.39, 0.29) is 26.0 Å². The number of hydrogen-bond donors (Lipinski definition) is 2. The van der Waals surface area contributed by atoms with Crippen LogP contribution in [-0.2, 0) is 25.5 Å². The molecule has 3 atom stereocenters. The molecule has 2 aliphatic heterocycles. The van der Waals surface area contributed by atoms with Crippen LogP contribution in [0.25, 0.3) is 0 Å². The second-order valence-electron chi connectivity index (χ2n) is 8.85. The molecule has 0 spiro atoms. The number of amides is 1. The maximum absolute atomic E-state index is 12.7. The van der Waals surface area contributed by atoms with E-state index in [4.69, 9.17) is 10.3 Å². The summed E-state index contributed by atoms with van der Waals surface area (Å²) in [5, 5.41) is -0.0472. The van der Waals surface area contributed by atoms with Crippen molar-refractivity contribution in [3.63, 3.8) is 0 Å². The van der Waals surface area contributed by atoms with E-state index in [9.17, 15) is 18.0 Å². The van der Waals surface area contributed by atoms with Crippen molar-refractivity contribution in [1.29, 1.82) is 0 Å². The summed E-state index contributed by atoms with van der Waals surface area (Å²) in [6.07, 6.45) is 0. The Labute approximate surface area is 203 Å². The highest BCUT2D eigenvalue weighted by Gasteiger charge is 2.67. The fourth-order valence-corrected chi connectivity index (χ4v) is 6.97. The van der Waals surface area contributed by atoms with Crippen LogP contribution in [0, 0.1) is 6.92 Å². The van der Waals surface area contributed by atoms with Crippen LogP contribution >= 0.6 is 23.5 Å². The molecule has 2 fully saturated rings. The quantitative estimate of drug-likeness (QED) is 0.476. The van der Waals surface area contributed by atoms with Gasteiger partial charge in [0, 0.05) is 10.5 Å². The molecule has 2 heterocycles. The summed E-state index contributed by atoms with van der Waals surface area (Å²) < 4.78 is 29.2. The van der Waals surface area contributed by atoms with E-state index in [0.29, 0.717) is 5.75 Å². The summed E-state index contributed by atoms with van der Waals surface area (Å²) >= 11 is 2.92. The minimum absolute atomic E-state index is 0.0488. The second-order valence-corrected chi connectivity index (χ2v) is 13.0. The Balaban J connectivity index is 0.000000235. The minimum atomic E-state index is -4.02. The van der Waals surface area contributed by atoms with Crippen molar-refractivity contribution < 1.29 is 22.6 Å². The maximum atomic E-state index is 12.7. The van der Waals surface area contributed by atoms with Crippen LogP contribution in [0.1, 0.15) is 31.9 Å². The number of fused-ring (bicyclic) bond motifs is 1. The summed E-state index contributed by atoms with van der Waals surface area (Å²) in [4.78, 5) is 26.6. The smallest absolute Gasteiger partial charge is 0.294 e. The number of β-lactam (4-membered cyclic amide) rings is 1. The molecule has 2 aromatic carbocycles. The van der Waals surface area contributed by atoms with Crippen molar-refractivity contribution in [3.8, 4) is 0 Å². The van der Waals surface area contributed by atoms with Gasteiger partial charge in [0.2, 0.25) is 11.0 Å². The average molecular weight is 509 g/mol. The molecule has 7 nitrogen and oxygen atoms in total. The monoisotopic (exact) mass is 508 g/mol. The van der Waals surface area contributed by atoms with Gasteiger partial charge in [-0.2, -0.15) is 8.42 Å². The third kappa shape index (κ3) is 5.46. The normalized spacial score (nSPS) is 25.5. The molecule has 10 heteroatoms. The molecule has 1 amide bonds. The van der Waals surface area contributed by atoms with Gasteiger partial charge in [-0.05, 0) is 45.4 Å². The fraction of sp³-hybridized carbons (Fsp3) is 0.391. The second kappa shape index (κ2) is 9.42. The molecule has 2 saturated heterocycles. The summed E-state index contributed by atoms with van der Waals surface area (Å²) in [5.41, 5.74) is 7.29. The van der Waals surface area contributed by atoms with Crippen molar-refractivity contribution in [2.45, 2.75) is 60.0 Å². The molecule has 0 bridgehead atoms. The van der Waals surface area contributed by atoms with Gasteiger partial charge in [-0.1, -0.05) is 59.8 Å². The molecule has 0 radical (unpaired) electrons. The van der Waals surface area contributed by atoms with E-state index >= 15 is 0 Å². The number of rotatable bonds is 4. The van der Waals surface area contributed by atoms with Gasteiger partial charge in [0.05, 0.1) is 4.90 Å². The SMILES string of the molecule is CC1(C)S[C@H]2N(C(=O)[C@@]2(C)N)[C@H]1C(=O)SCc1ccccc1.Cc1ccc(S(=O)(=O)O)cc1. The van der Waals surface area contributed by atoms with Crippen LogP contribution in [0.5, 0.6) is 0 Å². The molecule has 2 aromatic rings. The first-order valence-electron chi connectivity index (χ1n) is 10.3. The van der Waals surface area contributed by atoms with Crippen molar-refractivity contribution in [2.24, 2.45) is 5.73 Å². The third-order valence-electron chi connectivity index (χ3n) is 5.58. The zero-order valence-electron chi connectivity index (χ0n) is 18.9. The predicted octanol–water partition coefficient (Wildman–Crippen LogP) is 3.47. The highest BCUT2D eigenvalue weighted by atomic mass is 32.2.